The van der Waals surface area contributed by atoms with E-state index in [1.165, 1.54) is 12.1 Å². The van der Waals surface area contributed by atoms with Crippen molar-refractivity contribution in [2.45, 2.75) is 36.5 Å². The van der Waals surface area contributed by atoms with Gasteiger partial charge in [0.1, 0.15) is 0 Å². The summed E-state index contributed by atoms with van der Waals surface area (Å²) in [6.07, 6.45) is -28.0. The van der Waals surface area contributed by atoms with Gasteiger partial charge in [-0.1, -0.05) is 42.5 Å². The first-order chi connectivity index (χ1) is 19.5. The third-order valence-corrected chi connectivity index (χ3v) is 5.52. The lowest BCUT2D eigenvalue weighted by Gasteiger charge is -2.35. The highest BCUT2D eigenvalue weighted by molar-refractivity contribution is 7.80. The number of anilines is 1. The van der Waals surface area contributed by atoms with Crippen LogP contribution in [0.5, 0.6) is 0 Å². The fraction of sp³-hybridized carbons (Fsp3) is 0.250. The fourth-order valence-corrected chi connectivity index (χ4v) is 3.51. The Balaban J connectivity index is 1.77. The molecule has 0 aliphatic rings. The van der Waals surface area contributed by atoms with Crippen LogP contribution in [-0.4, -0.2) is 41.6 Å². The van der Waals surface area contributed by atoms with E-state index in [4.69, 9.17) is 12.2 Å². The van der Waals surface area contributed by atoms with Crippen molar-refractivity contribution in [2.24, 2.45) is 0 Å². The van der Waals surface area contributed by atoms with Gasteiger partial charge in [-0.05, 0) is 47.3 Å². The van der Waals surface area contributed by atoms with Gasteiger partial charge in [-0.25, -0.2) is 9.47 Å². The minimum atomic E-state index is -7.53. The Labute approximate surface area is 236 Å². The molecule has 0 aromatic heterocycles. The maximum atomic E-state index is 14.5. The lowest BCUT2D eigenvalue weighted by atomic mass is 10.1. The SMILES string of the molecule is O=C(NC(=S)Nc1cccc(C(F)(F)C(F)(F)OC(F)(F)C(F)(F)C(F)(F)OC(F)(F)F)c1)c1ccc2ccccc2c1. The quantitative estimate of drug-likeness (QED) is 0.181. The van der Waals surface area contributed by atoms with Gasteiger partial charge < -0.3 is 5.32 Å². The highest BCUT2D eigenvalue weighted by Crippen LogP contribution is 2.54. The number of rotatable bonds is 9. The third kappa shape index (κ3) is 7.27. The number of carbonyl (C=O) groups excluding carboxylic acids is 1. The normalized spacial score (nSPS) is 13.6. The van der Waals surface area contributed by atoms with Gasteiger partial charge in [-0.15, -0.1) is 13.2 Å². The first kappa shape index (κ1) is 33.8. The van der Waals surface area contributed by atoms with Crippen LogP contribution in [0.4, 0.5) is 62.8 Å². The van der Waals surface area contributed by atoms with Crippen molar-refractivity contribution in [3.8, 4) is 0 Å². The minimum Gasteiger partial charge on any atom is -0.332 e. The van der Waals surface area contributed by atoms with Gasteiger partial charge in [0.05, 0.1) is 0 Å². The van der Waals surface area contributed by atoms with Crippen LogP contribution in [-0.2, 0) is 15.4 Å². The van der Waals surface area contributed by atoms with Crippen molar-refractivity contribution in [1.29, 1.82) is 0 Å². The van der Waals surface area contributed by atoms with Gasteiger partial charge in [0.25, 0.3) is 5.91 Å². The van der Waals surface area contributed by atoms with Crippen LogP contribution in [0.1, 0.15) is 15.9 Å². The molecule has 0 aliphatic carbocycles. The first-order valence-corrected chi connectivity index (χ1v) is 11.5. The number of carbonyl (C=O) groups is 1. The molecule has 2 N–H and O–H groups in total. The highest BCUT2D eigenvalue weighted by atomic mass is 32.1. The van der Waals surface area contributed by atoms with Crippen molar-refractivity contribution < 1.29 is 71.3 Å². The maximum Gasteiger partial charge on any atom is 0.527 e. The van der Waals surface area contributed by atoms with E-state index >= 15 is 0 Å². The first-order valence-electron chi connectivity index (χ1n) is 11.1. The molecule has 43 heavy (non-hydrogen) atoms. The summed E-state index contributed by atoms with van der Waals surface area (Å²) in [5.74, 6) is -14.3. The molecule has 0 radical (unpaired) electrons. The van der Waals surface area contributed by atoms with Gasteiger partial charge >= 0.3 is 36.5 Å². The zero-order valence-corrected chi connectivity index (χ0v) is 21.2. The number of ether oxygens (including phenoxy) is 2. The van der Waals surface area contributed by atoms with Crippen LogP contribution in [0.25, 0.3) is 10.8 Å². The minimum absolute atomic E-state index is 0.0869. The van der Waals surface area contributed by atoms with E-state index in [1.807, 2.05) is 0 Å². The smallest absolute Gasteiger partial charge is 0.332 e. The molecule has 0 unspecified atom stereocenters. The molecule has 5 nitrogen and oxygen atoms in total. The molecule has 3 aromatic rings. The van der Waals surface area contributed by atoms with Crippen molar-refractivity contribution in [1.82, 2.24) is 5.32 Å². The summed E-state index contributed by atoms with van der Waals surface area (Å²) in [5, 5.41) is 5.16. The second-order valence-corrected chi connectivity index (χ2v) is 8.81. The molecule has 3 aromatic carbocycles. The van der Waals surface area contributed by atoms with Crippen LogP contribution in [0.3, 0.4) is 0 Å². The van der Waals surface area contributed by atoms with Crippen LogP contribution >= 0.6 is 12.2 Å². The van der Waals surface area contributed by atoms with E-state index in [1.54, 1.807) is 35.1 Å². The maximum absolute atomic E-state index is 14.5. The molecule has 19 heteroatoms. The molecule has 0 fully saturated rings. The number of halogens is 13. The molecule has 0 bridgehead atoms. The van der Waals surface area contributed by atoms with Crippen molar-refractivity contribution in [3.05, 3.63) is 77.9 Å². The Bertz CT molecular complexity index is 1510. The molecule has 0 saturated carbocycles. The van der Waals surface area contributed by atoms with Crippen LogP contribution < -0.4 is 10.6 Å². The number of fused-ring (bicyclic) bond motifs is 1. The summed E-state index contributed by atoms with van der Waals surface area (Å²) < 4.78 is 177. The Hall–Kier alpha value is -3.71. The number of thiocarbonyl (C=S) groups is 1. The van der Waals surface area contributed by atoms with E-state index in [0.29, 0.717) is 11.5 Å². The zero-order valence-electron chi connectivity index (χ0n) is 20.4. The van der Waals surface area contributed by atoms with Gasteiger partial charge in [0.15, 0.2) is 5.11 Å². The van der Waals surface area contributed by atoms with Gasteiger partial charge in [-0.3, -0.25) is 10.1 Å². The van der Waals surface area contributed by atoms with Crippen LogP contribution in [0.2, 0.25) is 0 Å². The largest absolute Gasteiger partial charge is 0.527 e. The number of alkyl halides is 13. The van der Waals surface area contributed by atoms with Crippen molar-refractivity contribution in [3.63, 3.8) is 0 Å². The lowest BCUT2D eigenvalue weighted by Crippen LogP contribution is -2.61. The monoisotopic (exact) mass is 656 g/mol. The molecule has 0 spiro atoms. The molecule has 0 heterocycles. The topological polar surface area (TPSA) is 59.6 Å². The second kappa shape index (κ2) is 11.4. The molecular formula is C24H13F13N2O3S. The molecule has 0 atom stereocenters. The van der Waals surface area contributed by atoms with Crippen LogP contribution in [0, 0.1) is 0 Å². The van der Waals surface area contributed by atoms with Crippen LogP contribution in [0.15, 0.2) is 66.7 Å². The Morgan fingerprint density at radius 2 is 1.23 bits per heavy atom. The number of benzene rings is 3. The summed E-state index contributed by atoms with van der Waals surface area (Å²) in [6, 6.07) is 13.1. The number of hydrogen-bond acceptors (Lipinski definition) is 4. The molecule has 234 valence electrons. The zero-order chi connectivity index (χ0) is 32.6. The van der Waals surface area contributed by atoms with E-state index in [2.05, 4.69) is 15.4 Å². The van der Waals surface area contributed by atoms with Crippen molar-refractivity contribution in [2.75, 3.05) is 5.32 Å². The standard InChI is InChI=1S/C24H13F13N2O3S/c25-19(26,21(29,30)41-22(31,32)20(27,28)23(33,34)42-24(35,36)37)15-6-3-7-16(11-15)38-18(43)39-17(40)14-9-8-12-4-1-2-5-13(12)10-14/h1-11H,(H2,38,39,40,43). The second-order valence-electron chi connectivity index (χ2n) is 8.40. The number of hydrogen-bond donors (Lipinski definition) is 2. The summed E-state index contributed by atoms with van der Waals surface area (Å²) >= 11 is 4.85. The van der Waals surface area contributed by atoms with E-state index < -0.39 is 58.8 Å². The lowest BCUT2D eigenvalue weighted by molar-refractivity contribution is -0.535. The molecule has 0 saturated heterocycles. The van der Waals surface area contributed by atoms with Gasteiger partial charge in [0, 0.05) is 16.8 Å². The highest BCUT2D eigenvalue weighted by Gasteiger charge is 2.80. The van der Waals surface area contributed by atoms with Gasteiger partial charge in [-0.2, -0.15) is 43.9 Å². The summed E-state index contributed by atoms with van der Waals surface area (Å²) in [7, 11) is 0. The Morgan fingerprint density at radius 3 is 1.84 bits per heavy atom. The number of nitrogens with one attached hydrogen (secondary N) is 2. The molecule has 1 amide bonds. The summed E-state index contributed by atoms with van der Waals surface area (Å²) in [4.78, 5) is 12.5. The summed E-state index contributed by atoms with van der Waals surface area (Å²) in [6.45, 7) is 0. The predicted octanol–water partition coefficient (Wildman–Crippen LogP) is 8.03. The van der Waals surface area contributed by atoms with E-state index in [9.17, 15) is 61.9 Å². The number of amides is 1. The Kier molecular flexibility index (Phi) is 8.97. The van der Waals surface area contributed by atoms with E-state index in [0.717, 1.165) is 11.5 Å². The fourth-order valence-electron chi connectivity index (χ4n) is 3.30. The van der Waals surface area contributed by atoms with Crippen molar-refractivity contribution >= 4 is 39.7 Å². The predicted molar refractivity (Wildman–Crippen MR) is 126 cm³/mol. The Morgan fingerprint density at radius 1 is 0.651 bits per heavy atom. The molecule has 3 rings (SSSR count). The average molecular weight is 656 g/mol. The molecule has 0 aliphatic heterocycles. The van der Waals surface area contributed by atoms with E-state index in [-0.39, 0.29) is 17.7 Å². The molecular weight excluding hydrogens is 643 g/mol. The summed E-state index contributed by atoms with van der Waals surface area (Å²) in [5.41, 5.74) is -2.45. The van der Waals surface area contributed by atoms with Gasteiger partial charge in [0.2, 0.25) is 0 Å². The average Bonchev–Trinajstić information content (AvgIpc) is 2.86. The third-order valence-electron chi connectivity index (χ3n) is 5.32.